The molecule has 1 atom stereocenters. The van der Waals surface area contributed by atoms with Crippen molar-refractivity contribution in [3.05, 3.63) is 29.8 Å². The number of nitrogens with two attached hydrogens (primary N) is 1. The summed E-state index contributed by atoms with van der Waals surface area (Å²) in [4.78, 5) is 14.3. The molecule has 122 valence electrons. The van der Waals surface area contributed by atoms with Crippen LogP contribution in [0.4, 0.5) is 0 Å². The van der Waals surface area contributed by atoms with E-state index in [-0.39, 0.29) is 10.8 Å². The largest absolute Gasteiger partial charge is 0.351 e. The minimum Gasteiger partial charge on any atom is -0.351 e. The molecule has 0 bridgehead atoms. The number of rotatable bonds is 5. The van der Waals surface area contributed by atoms with E-state index in [1.54, 1.807) is 12.1 Å². The molecule has 0 aliphatic carbocycles. The molecule has 0 radical (unpaired) electrons. The summed E-state index contributed by atoms with van der Waals surface area (Å²) in [6.45, 7) is 3.92. The molecule has 1 aromatic rings. The molecule has 1 amide bonds. The van der Waals surface area contributed by atoms with Crippen molar-refractivity contribution >= 4 is 15.9 Å². The van der Waals surface area contributed by atoms with Crippen LogP contribution in [0.1, 0.15) is 31.7 Å². The van der Waals surface area contributed by atoms with E-state index in [0.717, 1.165) is 24.9 Å². The molecule has 0 unspecified atom stereocenters. The Morgan fingerprint density at radius 2 is 2.00 bits per heavy atom. The molecule has 3 N–H and O–H groups in total. The number of hydrogen-bond acceptors (Lipinski definition) is 4. The predicted molar refractivity (Wildman–Crippen MR) is 84.5 cm³/mol. The van der Waals surface area contributed by atoms with Crippen LogP contribution in [-0.4, -0.2) is 38.4 Å². The van der Waals surface area contributed by atoms with Gasteiger partial charge >= 0.3 is 0 Å². The fourth-order valence-electron chi connectivity index (χ4n) is 2.63. The van der Waals surface area contributed by atoms with Gasteiger partial charge in [0.1, 0.15) is 0 Å². The molecule has 1 saturated heterocycles. The highest BCUT2D eigenvalue weighted by Gasteiger charge is 2.20. The van der Waals surface area contributed by atoms with Crippen molar-refractivity contribution in [2.24, 2.45) is 5.14 Å². The van der Waals surface area contributed by atoms with Gasteiger partial charge in [-0.2, -0.15) is 0 Å². The lowest BCUT2D eigenvalue weighted by Gasteiger charge is -2.32. The zero-order valence-corrected chi connectivity index (χ0v) is 13.6. The number of primary sulfonamides is 1. The molecule has 1 aliphatic heterocycles. The van der Waals surface area contributed by atoms with Crippen LogP contribution in [0.3, 0.4) is 0 Å². The maximum atomic E-state index is 12.0. The second-order valence-corrected chi connectivity index (χ2v) is 7.34. The molecular weight excluding hydrogens is 302 g/mol. The van der Waals surface area contributed by atoms with Crippen molar-refractivity contribution < 1.29 is 13.2 Å². The molecule has 1 aliphatic rings. The van der Waals surface area contributed by atoms with Crippen molar-refractivity contribution in [1.82, 2.24) is 10.2 Å². The van der Waals surface area contributed by atoms with E-state index in [0.29, 0.717) is 19.1 Å². The number of sulfonamides is 1. The lowest BCUT2D eigenvalue weighted by Crippen LogP contribution is -2.44. The van der Waals surface area contributed by atoms with E-state index in [4.69, 9.17) is 5.14 Å². The van der Waals surface area contributed by atoms with Gasteiger partial charge in [0.05, 0.1) is 11.4 Å². The highest BCUT2D eigenvalue weighted by Crippen LogP contribution is 2.15. The summed E-state index contributed by atoms with van der Waals surface area (Å²) in [7, 11) is -3.67. The Labute approximate surface area is 131 Å². The van der Waals surface area contributed by atoms with E-state index in [9.17, 15) is 13.2 Å². The molecule has 0 aromatic heterocycles. The quantitative estimate of drug-likeness (QED) is 0.838. The lowest BCUT2D eigenvalue weighted by atomic mass is 10.0. The SMILES string of the molecule is C[C@@H]1CCCCN1CC(=O)NCc1ccc(S(N)(=O)=O)cc1. The van der Waals surface area contributed by atoms with Crippen molar-refractivity contribution in [2.75, 3.05) is 13.1 Å². The van der Waals surface area contributed by atoms with Crippen molar-refractivity contribution in [3.63, 3.8) is 0 Å². The number of likely N-dealkylation sites (tertiary alicyclic amines) is 1. The smallest absolute Gasteiger partial charge is 0.238 e. The number of hydrogen-bond donors (Lipinski definition) is 2. The van der Waals surface area contributed by atoms with E-state index >= 15 is 0 Å². The van der Waals surface area contributed by atoms with Crippen LogP contribution in [0.2, 0.25) is 0 Å². The molecule has 1 fully saturated rings. The second kappa shape index (κ2) is 7.21. The normalized spacial score (nSPS) is 19.8. The summed E-state index contributed by atoms with van der Waals surface area (Å²) < 4.78 is 22.3. The molecule has 22 heavy (non-hydrogen) atoms. The Kier molecular flexibility index (Phi) is 5.55. The maximum absolute atomic E-state index is 12.0. The fraction of sp³-hybridized carbons (Fsp3) is 0.533. The molecule has 0 saturated carbocycles. The van der Waals surface area contributed by atoms with Crippen LogP contribution in [0, 0.1) is 0 Å². The highest BCUT2D eigenvalue weighted by atomic mass is 32.2. The lowest BCUT2D eigenvalue weighted by molar-refractivity contribution is -0.123. The first-order valence-electron chi connectivity index (χ1n) is 7.49. The number of amides is 1. The summed E-state index contributed by atoms with van der Waals surface area (Å²) in [5.41, 5.74) is 0.840. The molecule has 1 aromatic carbocycles. The van der Waals surface area contributed by atoms with Crippen molar-refractivity contribution in [2.45, 2.75) is 43.7 Å². The monoisotopic (exact) mass is 325 g/mol. The molecular formula is C15H23N3O3S. The van der Waals surface area contributed by atoms with E-state index < -0.39 is 10.0 Å². The summed E-state index contributed by atoms with van der Waals surface area (Å²) in [6.07, 6.45) is 3.52. The number of nitrogens with zero attached hydrogens (tertiary/aromatic N) is 1. The summed E-state index contributed by atoms with van der Waals surface area (Å²) >= 11 is 0. The average Bonchev–Trinajstić information content (AvgIpc) is 2.47. The molecule has 2 rings (SSSR count). The van der Waals surface area contributed by atoms with Gasteiger partial charge in [0, 0.05) is 12.6 Å². The summed E-state index contributed by atoms with van der Waals surface area (Å²) in [5.74, 6) is -0.00993. The van der Waals surface area contributed by atoms with Gasteiger partial charge in [-0.15, -0.1) is 0 Å². The zero-order valence-electron chi connectivity index (χ0n) is 12.8. The first-order valence-corrected chi connectivity index (χ1v) is 9.03. The van der Waals surface area contributed by atoms with Crippen molar-refractivity contribution in [3.8, 4) is 0 Å². The topological polar surface area (TPSA) is 92.5 Å². The van der Waals surface area contributed by atoms with Crippen LogP contribution in [0.5, 0.6) is 0 Å². The molecule has 0 spiro atoms. The summed E-state index contributed by atoms with van der Waals surface area (Å²) in [5, 5.41) is 7.91. The van der Waals surface area contributed by atoms with Crippen LogP contribution in [0.25, 0.3) is 0 Å². The Balaban J connectivity index is 1.83. The van der Waals surface area contributed by atoms with Gasteiger partial charge in [0.15, 0.2) is 0 Å². The molecule has 7 heteroatoms. The van der Waals surface area contributed by atoms with Crippen LogP contribution >= 0.6 is 0 Å². The number of piperidine rings is 1. The Morgan fingerprint density at radius 1 is 1.32 bits per heavy atom. The number of benzene rings is 1. The first-order chi connectivity index (χ1) is 10.4. The molecule has 6 nitrogen and oxygen atoms in total. The second-order valence-electron chi connectivity index (χ2n) is 5.78. The fourth-order valence-corrected chi connectivity index (χ4v) is 3.15. The zero-order chi connectivity index (χ0) is 16.2. The number of nitrogens with one attached hydrogen (secondary N) is 1. The van der Waals surface area contributed by atoms with Crippen molar-refractivity contribution in [1.29, 1.82) is 0 Å². The van der Waals surface area contributed by atoms with Gasteiger partial charge in [-0.1, -0.05) is 18.6 Å². The van der Waals surface area contributed by atoms with Gasteiger partial charge < -0.3 is 5.32 Å². The van der Waals surface area contributed by atoms with Gasteiger partial charge in [0.2, 0.25) is 15.9 Å². The standard InChI is InChI=1S/C15H23N3O3S/c1-12-4-2-3-9-18(12)11-15(19)17-10-13-5-7-14(8-6-13)22(16,20)21/h5-8,12H,2-4,9-11H2,1H3,(H,17,19)(H2,16,20,21)/t12-/m1/s1. The van der Waals surface area contributed by atoms with Crippen LogP contribution in [0.15, 0.2) is 29.2 Å². The van der Waals surface area contributed by atoms with E-state index in [1.807, 2.05) is 0 Å². The Bertz CT molecular complexity index is 613. The molecule has 1 heterocycles. The highest BCUT2D eigenvalue weighted by molar-refractivity contribution is 7.89. The van der Waals surface area contributed by atoms with Crippen LogP contribution in [-0.2, 0) is 21.4 Å². The summed E-state index contributed by atoms with van der Waals surface area (Å²) in [6, 6.07) is 6.66. The van der Waals surface area contributed by atoms with Gasteiger partial charge in [-0.25, -0.2) is 13.6 Å². The van der Waals surface area contributed by atoms with E-state index in [1.165, 1.54) is 18.6 Å². The number of carbonyl (C=O) groups excluding carboxylic acids is 1. The minimum absolute atomic E-state index is 0.00993. The predicted octanol–water partition coefficient (Wildman–Crippen LogP) is 0.825. The third-order valence-corrected chi connectivity index (χ3v) is 4.96. The first kappa shape index (κ1) is 16.9. The third kappa shape index (κ3) is 4.79. The minimum atomic E-state index is -3.67. The van der Waals surface area contributed by atoms with Gasteiger partial charge in [0.25, 0.3) is 0 Å². The Morgan fingerprint density at radius 3 is 2.59 bits per heavy atom. The van der Waals surface area contributed by atoms with Gasteiger partial charge in [-0.3, -0.25) is 9.69 Å². The van der Waals surface area contributed by atoms with E-state index in [2.05, 4.69) is 17.1 Å². The van der Waals surface area contributed by atoms with Gasteiger partial charge in [-0.05, 0) is 44.0 Å². The maximum Gasteiger partial charge on any atom is 0.238 e. The number of carbonyl (C=O) groups is 1. The average molecular weight is 325 g/mol. The van der Waals surface area contributed by atoms with Crippen LogP contribution < -0.4 is 10.5 Å². The third-order valence-electron chi connectivity index (χ3n) is 4.03. The Hall–Kier alpha value is -1.44.